The topological polar surface area (TPSA) is 384 Å². The molecular formula is C50H75N11O16. The van der Waals surface area contributed by atoms with Crippen LogP contribution >= 0.6 is 0 Å². The Hall–Kier alpha value is -6.81. The number of ether oxygens (including phenoxy) is 1. The van der Waals surface area contributed by atoms with E-state index in [0.717, 1.165) is 24.0 Å². The Morgan fingerprint density at radius 3 is 2.12 bits per heavy atom. The number of esters is 1. The van der Waals surface area contributed by atoms with Gasteiger partial charge in [-0.2, -0.15) is 0 Å². The van der Waals surface area contributed by atoms with Gasteiger partial charge in [-0.1, -0.05) is 38.5 Å². The van der Waals surface area contributed by atoms with Crippen molar-refractivity contribution in [2.75, 3.05) is 83.4 Å². The highest BCUT2D eigenvalue weighted by Crippen LogP contribution is 2.39. The van der Waals surface area contributed by atoms with E-state index in [1.165, 1.54) is 4.90 Å². The Morgan fingerprint density at radius 2 is 1.45 bits per heavy atom. The van der Waals surface area contributed by atoms with Crippen molar-refractivity contribution in [2.24, 2.45) is 11.8 Å². The number of cyclic esters (lactones) is 1. The number of carboxylic acids is 3. The van der Waals surface area contributed by atoms with Gasteiger partial charge in [-0.05, 0) is 74.7 Å². The number of aliphatic hydroxyl groups excluding tert-OH is 1. The molecule has 12 N–H and O–H groups in total. The maximum Gasteiger partial charge on any atom is 0.317 e. The summed E-state index contributed by atoms with van der Waals surface area (Å²) < 4.78 is 4.76. The lowest BCUT2D eigenvalue weighted by Crippen LogP contribution is -2.59. The predicted octanol–water partition coefficient (Wildman–Crippen LogP) is -3.62. The first kappa shape index (κ1) is 61.0. The maximum absolute atomic E-state index is 14.3. The van der Waals surface area contributed by atoms with E-state index in [9.17, 15) is 68.1 Å². The summed E-state index contributed by atoms with van der Waals surface area (Å²) in [4.78, 5) is 144. The van der Waals surface area contributed by atoms with Crippen molar-refractivity contribution in [1.29, 1.82) is 0 Å². The summed E-state index contributed by atoms with van der Waals surface area (Å²) in [6, 6.07) is 0.114. The first-order valence-electron chi connectivity index (χ1n) is 26.3. The summed E-state index contributed by atoms with van der Waals surface area (Å²) in [5.74, 6) is -7.90. The summed E-state index contributed by atoms with van der Waals surface area (Å²) in [5.41, 5.74) is 2.13. The third-order valence-corrected chi connectivity index (χ3v) is 14.1. The summed E-state index contributed by atoms with van der Waals surface area (Å²) in [6.45, 7) is 6.43. The van der Waals surface area contributed by atoms with Crippen LogP contribution < -0.4 is 47.4 Å². The molecule has 0 aliphatic carbocycles. The summed E-state index contributed by atoms with van der Waals surface area (Å²) >= 11 is 0. The van der Waals surface area contributed by atoms with Gasteiger partial charge in [0, 0.05) is 65.0 Å². The van der Waals surface area contributed by atoms with Crippen molar-refractivity contribution < 1.29 is 77.9 Å². The number of carbonyl (C=O) groups excluding carboxylic acids is 8. The molecule has 0 spiro atoms. The monoisotopic (exact) mass is 1090 g/mol. The summed E-state index contributed by atoms with van der Waals surface area (Å²) in [6.07, 6.45) is -0.0242. The van der Waals surface area contributed by atoms with E-state index in [1.807, 2.05) is 30.0 Å². The van der Waals surface area contributed by atoms with Crippen LogP contribution in [-0.4, -0.2) is 210 Å². The molecule has 77 heavy (non-hydrogen) atoms. The van der Waals surface area contributed by atoms with Crippen LogP contribution in [0, 0.1) is 11.8 Å². The summed E-state index contributed by atoms with van der Waals surface area (Å²) in [5, 5.41) is 59.4. The minimum Gasteiger partial charge on any atom is -0.481 e. The lowest BCUT2D eigenvalue weighted by atomic mass is 9.97. The molecule has 4 heterocycles. The number of aliphatic hydroxyl groups is 1. The third-order valence-electron chi connectivity index (χ3n) is 14.1. The number of likely N-dealkylation sites (tertiary alicyclic amines) is 1. The van der Waals surface area contributed by atoms with E-state index in [4.69, 9.17) is 9.84 Å². The van der Waals surface area contributed by atoms with Gasteiger partial charge in [-0.3, -0.25) is 67.4 Å². The van der Waals surface area contributed by atoms with Gasteiger partial charge in [0.2, 0.25) is 47.6 Å². The zero-order valence-electron chi connectivity index (χ0n) is 43.6. The van der Waals surface area contributed by atoms with Gasteiger partial charge in [0.15, 0.2) is 0 Å². The average Bonchev–Trinajstić information content (AvgIpc) is 3.94. The highest BCUT2D eigenvalue weighted by Gasteiger charge is 2.46. The number of carboxylic acid groups (broad SMARTS) is 3. The number of rotatable bonds is 32. The molecule has 0 aromatic heterocycles. The molecule has 4 aliphatic rings. The number of hydrogen-bond acceptors (Lipinski definition) is 17. The zero-order valence-corrected chi connectivity index (χ0v) is 43.6. The predicted molar refractivity (Wildman–Crippen MR) is 272 cm³/mol. The fourth-order valence-corrected chi connectivity index (χ4v) is 9.72. The Labute approximate surface area is 445 Å². The molecule has 2 saturated heterocycles. The van der Waals surface area contributed by atoms with Crippen molar-refractivity contribution in [3.05, 3.63) is 29.3 Å². The van der Waals surface area contributed by atoms with Crippen LogP contribution in [0.3, 0.4) is 0 Å². The molecule has 4 aliphatic heterocycles. The SMILES string of the molecule is CC[C@H](C)[C@H](NC(=O)CCNC(=O)CCNC(=O)[C@@H](CCC(=O)O)NC(=O)CN1CCC(CNCCN(CCNCC(=O)O)CC(=O)O)CC1)C(=O)N[C@H]1CCc2cccc3c2N(C1=O)[C@H](C(=O)N[C@H]1CC(=O)OC1O)C3. The molecular weight excluding hydrogens is 1010 g/mol. The number of aliphatic carboxylic acids is 3. The van der Waals surface area contributed by atoms with Crippen molar-refractivity contribution in [1.82, 2.24) is 52.3 Å². The van der Waals surface area contributed by atoms with Gasteiger partial charge in [0.25, 0.3) is 0 Å². The minimum atomic E-state index is -1.53. The lowest BCUT2D eigenvalue weighted by molar-refractivity contribution is -0.155. The van der Waals surface area contributed by atoms with Crippen molar-refractivity contribution in [2.45, 2.75) is 121 Å². The molecule has 2 fully saturated rings. The van der Waals surface area contributed by atoms with Crippen LogP contribution in [-0.2, 0) is 70.3 Å². The molecule has 1 unspecified atom stereocenters. The van der Waals surface area contributed by atoms with Crippen molar-refractivity contribution >= 4 is 70.9 Å². The molecule has 0 saturated carbocycles. The second-order valence-corrected chi connectivity index (χ2v) is 19.9. The standard InChI is InChI=1S/C50H75N11O16/c1-3-29(2)44(48(74)56-34-8-7-31-5-4-6-32-23-36(61(45(31)32)49(34)75)47(73)57-35-24-43(71)77-50(35)76)58-38(63)12-15-53-37(62)11-16-54-46(72)33(9-10-40(65)66)55-39(64)27-59-19-13-30(14-20-59)25-51-17-21-60(28-42(69)70)22-18-52-26-41(67)68/h4-6,29-30,33-36,44,50-52,76H,3,7-28H2,1-2H3,(H,53,62)(H,54,72)(H,55,64)(H,56,74)(H,57,73)(H,58,63)(H,65,66)(H,67,68)(H,69,70)/t29-,33+,34-,35-,36-,44-,50?/m0/s1. The largest absolute Gasteiger partial charge is 0.481 e. The fourth-order valence-electron chi connectivity index (χ4n) is 9.72. The number of piperidine rings is 1. The molecule has 0 radical (unpaired) electrons. The number of nitrogens with zero attached hydrogens (tertiary/aromatic N) is 3. The molecule has 5 rings (SSSR count). The molecule has 27 nitrogen and oxygen atoms in total. The van der Waals surface area contributed by atoms with Crippen LogP contribution in [0.1, 0.15) is 82.8 Å². The van der Waals surface area contributed by atoms with Crippen LogP contribution in [0.4, 0.5) is 5.69 Å². The second-order valence-electron chi connectivity index (χ2n) is 19.9. The number of para-hydroxylation sites is 1. The van der Waals surface area contributed by atoms with Crippen molar-refractivity contribution in [3.63, 3.8) is 0 Å². The van der Waals surface area contributed by atoms with Gasteiger partial charge in [0.1, 0.15) is 30.2 Å². The van der Waals surface area contributed by atoms with Gasteiger partial charge in [0.05, 0.1) is 31.7 Å². The van der Waals surface area contributed by atoms with E-state index in [2.05, 4.69) is 42.5 Å². The smallest absolute Gasteiger partial charge is 0.317 e. The number of hydrogen-bond donors (Lipinski definition) is 12. The van der Waals surface area contributed by atoms with Gasteiger partial charge in [-0.15, -0.1) is 0 Å². The Bertz CT molecular complexity index is 2300. The van der Waals surface area contributed by atoms with E-state index in [-0.39, 0.29) is 77.2 Å². The van der Waals surface area contributed by atoms with E-state index in [0.29, 0.717) is 70.3 Å². The lowest BCUT2D eigenvalue weighted by Gasteiger charge is -2.32. The maximum atomic E-state index is 14.3. The third kappa shape index (κ3) is 19.3. The number of amides is 7. The number of carbonyl (C=O) groups is 11. The van der Waals surface area contributed by atoms with Crippen molar-refractivity contribution in [3.8, 4) is 0 Å². The minimum absolute atomic E-state index is 0.0244. The van der Waals surface area contributed by atoms with Gasteiger partial charge < -0.3 is 67.7 Å². The number of benzene rings is 1. The highest BCUT2D eigenvalue weighted by atomic mass is 16.6. The molecule has 7 amide bonds. The number of aryl methyl sites for hydroxylation is 1. The zero-order chi connectivity index (χ0) is 56.2. The molecule has 1 aromatic rings. The first-order valence-corrected chi connectivity index (χ1v) is 26.3. The Kier molecular flexibility index (Phi) is 24.0. The highest BCUT2D eigenvalue weighted by molar-refractivity contribution is 6.08. The normalized spacial score (nSPS) is 20.4. The van der Waals surface area contributed by atoms with Crippen LogP contribution in [0.15, 0.2) is 18.2 Å². The molecule has 0 bridgehead atoms. The van der Waals surface area contributed by atoms with Crippen LogP contribution in [0.2, 0.25) is 0 Å². The molecule has 1 aromatic carbocycles. The molecule has 426 valence electrons. The molecule has 7 atom stereocenters. The average molecular weight is 1090 g/mol. The summed E-state index contributed by atoms with van der Waals surface area (Å²) in [7, 11) is 0. The second kappa shape index (κ2) is 30.2. The number of nitrogens with one attached hydrogen (secondary N) is 8. The molecule has 27 heteroatoms. The van der Waals surface area contributed by atoms with E-state index in [1.54, 1.807) is 11.8 Å². The van der Waals surface area contributed by atoms with E-state index < -0.39 is 108 Å². The Morgan fingerprint density at radius 1 is 0.766 bits per heavy atom. The quantitative estimate of drug-likeness (QED) is 0.0245. The van der Waals surface area contributed by atoms with Crippen LogP contribution in [0.25, 0.3) is 0 Å². The van der Waals surface area contributed by atoms with Gasteiger partial charge in [-0.25, -0.2) is 0 Å². The van der Waals surface area contributed by atoms with E-state index >= 15 is 0 Å². The van der Waals surface area contributed by atoms with Gasteiger partial charge >= 0.3 is 23.9 Å². The Balaban J connectivity index is 1.01. The fraction of sp³-hybridized carbons (Fsp3) is 0.660. The van der Waals surface area contributed by atoms with Crippen LogP contribution in [0.5, 0.6) is 0 Å². The number of anilines is 1. The first-order chi connectivity index (χ1) is 36.7.